The second-order valence-corrected chi connectivity index (χ2v) is 7.47. The van der Waals surface area contributed by atoms with E-state index in [1.165, 1.54) is 6.42 Å². The number of carbonyl (C=O) groups excluding carboxylic acids is 1. The molecule has 4 rings (SSSR count). The Balaban J connectivity index is 1.32. The van der Waals surface area contributed by atoms with Gasteiger partial charge in [-0.3, -0.25) is 0 Å². The molecule has 1 aliphatic carbocycles. The normalized spacial score (nSPS) is 19.9. The van der Waals surface area contributed by atoms with Crippen molar-refractivity contribution in [3.63, 3.8) is 0 Å². The van der Waals surface area contributed by atoms with E-state index in [1.54, 1.807) is 23.4 Å². The SMILES string of the molecule is CCN(Cc1noc(C2CCC2)n1)C(=O)NC1CCCN(c2ncccn2)C1. The molecule has 150 valence electrons. The molecular formula is C19H27N7O2. The average Bonchev–Trinajstić information content (AvgIpc) is 3.13. The summed E-state index contributed by atoms with van der Waals surface area (Å²) in [7, 11) is 0. The summed E-state index contributed by atoms with van der Waals surface area (Å²) in [6, 6.07) is 1.77. The van der Waals surface area contributed by atoms with Gasteiger partial charge in [-0.15, -0.1) is 0 Å². The Bertz CT molecular complexity index is 778. The van der Waals surface area contributed by atoms with Crippen LogP contribution in [0.2, 0.25) is 0 Å². The van der Waals surface area contributed by atoms with Gasteiger partial charge >= 0.3 is 6.03 Å². The Morgan fingerprint density at radius 3 is 2.82 bits per heavy atom. The highest BCUT2D eigenvalue weighted by Crippen LogP contribution is 2.35. The fraction of sp³-hybridized carbons (Fsp3) is 0.632. The number of nitrogens with one attached hydrogen (secondary N) is 1. The van der Waals surface area contributed by atoms with Crippen molar-refractivity contribution >= 4 is 12.0 Å². The maximum Gasteiger partial charge on any atom is 0.318 e. The van der Waals surface area contributed by atoms with E-state index in [0.717, 1.165) is 32.2 Å². The predicted octanol–water partition coefficient (Wildman–Crippen LogP) is 2.33. The van der Waals surface area contributed by atoms with Crippen LogP contribution in [0.25, 0.3) is 0 Å². The average molecular weight is 385 g/mol. The fourth-order valence-corrected chi connectivity index (χ4v) is 3.65. The fourth-order valence-electron chi connectivity index (χ4n) is 3.65. The van der Waals surface area contributed by atoms with E-state index >= 15 is 0 Å². The molecule has 1 unspecified atom stereocenters. The van der Waals surface area contributed by atoms with E-state index in [-0.39, 0.29) is 12.1 Å². The predicted molar refractivity (Wildman–Crippen MR) is 103 cm³/mol. The number of piperidine rings is 1. The molecule has 2 aromatic rings. The Hall–Kier alpha value is -2.71. The van der Waals surface area contributed by atoms with Crippen LogP contribution in [-0.4, -0.2) is 56.7 Å². The minimum Gasteiger partial charge on any atom is -0.339 e. The zero-order valence-corrected chi connectivity index (χ0v) is 16.3. The van der Waals surface area contributed by atoms with Crippen molar-refractivity contribution in [2.24, 2.45) is 0 Å². The second kappa shape index (κ2) is 8.53. The maximum absolute atomic E-state index is 12.8. The molecule has 2 aromatic heterocycles. The highest BCUT2D eigenvalue weighted by atomic mass is 16.5. The van der Waals surface area contributed by atoms with Crippen LogP contribution in [-0.2, 0) is 6.54 Å². The highest BCUT2D eigenvalue weighted by Gasteiger charge is 2.27. The van der Waals surface area contributed by atoms with E-state index in [2.05, 4.69) is 30.3 Å². The number of amides is 2. The Morgan fingerprint density at radius 1 is 1.29 bits per heavy atom. The third kappa shape index (κ3) is 4.23. The lowest BCUT2D eigenvalue weighted by atomic mass is 9.85. The first kappa shape index (κ1) is 18.6. The highest BCUT2D eigenvalue weighted by molar-refractivity contribution is 5.74. The van der Waals surface area contributed by atoms with Crippen LogP contribution >= 0.6 is 0 Å². The standard InChI is InChI=1S/C19H27N7O2/c1-2-25(13-16-23-17(28-24-16)14-6-3-7-14)19(27)22-15-8-4-11-26(12-15)18-20-9-5-10-21-18/h5,9-10,14-15H,2-4,6-8,11-13H2,1H3,(H,22,27). The molecule has 1 saturated heterocycles. The minimum atomic E-state index is -0.0988. The molecule has 9 nitrogen and oxygen atoms in total. The summed E-state index contributed by atoms with van der Waals surface area (Å²) in [4.78, 5) is 29.7. The number of aromatic nitrogens is 4. The molecule has 0 radical (unpaired) electrons. The number of carbonyl (C=O) groups is 1. The van der Waals surface area contributed by atoms with Gasteiger partial charge in [-0.05, 0) is 38.7 Å². The Morgan fingerprint density at radius 2 is 2.11 bits per heavy atom. The summed E-state index contributed by atoms with van der Waals surface area (Å²) in [5.41, 5.74) is 0. The zero-order chi connectivity index (χ0) is 19.3. The summed E-state index contributed by atoms with van der Waals surface area (Å²) in [6.07, 6.45) is 8.87. The van der Waals surface area contributed by atoms with Gasteiger partial charge in [0.2, 0.25) is 11.8 Å². The number of hydrogen-bond acceptors (Lipinski definition) is 7. The van der Waals surface area contributed by atoms with E-state index < -0.39 is 0 Å². The molecule has 0 spiro atoms. The van der Waals surface area contributed by atoms with Crippen LogP contribution in [0, 0.1) is 0 Å². The molecule has 2 amide bonds. The molecule has 1 atom stereocenters. The number of anilines is 1. The molecule has 9 heteroatoms. The number of hydrogen-bond donors (Lipinski definition) is 1. The lowest BCUT2D eigenvalue weighted by molar-refractivity contribution is 0.190. The van der Waals surface area contributed by atoms with Crippen molar-refractivity contribution in [3.05, 3.63) is 30.2 Å². The van der Waals surface area contributed by atoms with E-state index in [4.69, 9.17) is 4.52 Å². The zero-order valence-electron chi connectivity index (χ0n) is 16.3. The van der Waals surface area contributed by atoms with Crippen LogP contribution in [0.4, 0.5) is 10.7 Å². The van der Waals surface area contributed by atoms with Crippen molar-refractivity contribution in [2.45, 2.75) is 57.5 Å². The van der Waals surface area contributed by atoms with Gasteiger partial charge in [-0.1, -0.05) is 11.6 Å². The van der Waals surface area contributed by atoms with E-state index in [9.17, 15) is 4.79 Å². The summed E-state index contributed by atoms with van der Waals surface area (Å²) >= 11 is 0. The first-order valence-electron chi connectivity index (χ1n) is 10.1. The van der Waals surface area contributed by atoms with Crippen LogP contribution < -0.4 is 10.2 Å². The Labute approximate surface area is 164 Å². The molecule has 1 saturated carbocycles. The van der Waals surface area contributed by atoms with Crippen molar-refractivity contribution in [1.82, 2.24) is 30.3 Å². The maximum atomic E-state index is 12.8. The first-order valence-corrected chi connectivity index (χ1v) is 10.1. The second-order valence-electron chi connectivity index (χ2n) is 7.47. The molecule has 28 heavy (non-hydrogen) atoms. The van der Waals surface area contributed by atoms with Crippen molar-refractivity contribution in [1.29, 1.82) is 0 Å². The number of rotatable bonds is 6. The van der Waals surface area contributed by atoms with Crippen molar-refractivity contribution in [2.75, 3.05) is 24.5 Å². The number of nitrogens with zero attached hydrogens (tertiary/aromatic N) is 6. The van der Waals surface area contributed by atoms with Gasteiger partial charge in [-0.25, -0.2) is 14.8 Å². The van der Waals surface area contributed by atoms with Gasteiger partial charge in [0.25, 0.3) is 0 Å². The van der Waals surface area contributed by atoms with E-state index in [1.807, 2.05) is 6.92 Å². The van der Waals surface area contributed by atoms with Gasteiger partial charge in [0, 0.05) is 44.0 Å². The first-order chi connectivity index (χ1) is 13.7. The van der Waals surface area contributed by atoms with Crippen LogP contribution in [0.3, 0.4) is 0 Å². The largest absolute Gasteiger partial charge is 0.339 e. The van der Waals surface area contributed by atoms with Crippen LogP contribution in [0.1, 0.15) is 56.7 Å². The van der Waals surface area contributed by atoms with Crippen LogP contribution in [0.5, 0.6) is 0 Å². The lowest BCUT2D eigenvalue weighted by Crippen LogP contribution is -2.51. The lowest BCUT2D eigenvalue weighted by Gasteiger charge is -2.34. The summed E-state index contributed by atoms with van der Waals surface area (Å²) in [5, 5.41) is 7.20. The van der Waals surface area contributed by atoms with Crippen molar-refractivity contribution in [3.8, 4) is 0 Å². The molecule has 2 fully saturated rings. The summed E-state index contributed by atoms with van der Waals surface area (Å²) < 4.78 is 5.37. The molecular weight excluding hydrogens is 358 g/mol. The molecule has 0 bridgehead atoms. The van der Waals surface area contributed by atoms with Gasteiger partial charge in [0.1, 0.15) is 0 Å². The summed E-state index contributed by atoms with van der Waals surface area (Å²) in [5.74, 6) is 2.40. The van der Waals surface area contributed by atoms with Gasteiger partial charge in [0.15, 0.2) is 5.82 Å². The topological polar surface area (TPSA) is 100 Å². The number of urea groups is 1. The molecule has 2 aliphatic rings. The molecule has 1 aliphatic heterocycles. The van der Waals surface area contributed by atoms with Crippen LogP contribution in [0.15, 0.2) is 23.0 Å². The van der Waals surface area contributed by atoms with Gasteiger partial charge in [-0.2, -0.15) is 4.98 Å². The van der Waals surface area contributed by atoms with Gasteiger partial charge in [0.05, 0.1) is 6.54 Å². The molecule has 1 N–H and O–H groups in total. The monoisotopic (exact) mass is 385 g/mol. The molecule has 3 heterocycles. The molecule has 0 aromatic carbocycles. The Kier molecular flexibility index (Phi) is 5.68. The third-order valence-electron chi connectivity index (χ3n) is 5.52. The smallest absolute Gasteiger partial charge is 0.318 e. The van der Waals surface area contributed by atoms with E-state index in [0.29, 0.717) is 43.2 Å². The van der Waals surface area contributed by atoms with Crippen molar-refractivity contribution < 1.29 is 9.32 Å². The van der Waals surface area contributed by atoms with Gasteiger partial charge < -0.3 is 19.6 Å². The quantitative estimate of drug-likeness (QED) is 0.814. The third-order valence-corrected chi connectivity index (χ3v) is 5.52. The summed E-state index contributed by atoms with van der Waals surface area (Å²) in [6.45, 7) is 4.51. The minimum absolute atomic E-state index is 0.0647.